The molecule has 2 rings (SSSR count). The highest BCUT2D eigenvalue weighted by Crippen LogP contribution is 2.26. The highest BCUT2D eigenvalue weighted by atomic mass is 32.2. The van der Waals surface area contributed by atoms with E-state index in [0.29, 0.717) is 6.61 Å². The van der Waals surface area contributed by atoms with Crippen LogP contribution >= 0.6 is 11.8 Å². The van der Waals surface area contributed by atoms with Crippen molar-refractivity contribution in [3.8, 4) is 0 Å². The number of hydrogen-bond donors (Lipinski definition) is 1. The Morgan fingerprint density at radius 3 is 2.61 bits per heavy atom. The number of ether oxygens (including phenoxy) is 1. The molecule has 2 unspecified atom stereocenters. The maximum Gasteiger partial charge on any atom is 0.133 e. The van der Waals surface area contributed by atoms with Gasteiger partial charge in [-0.25, -0.2) is 0 Å². The van der Waals surface area contributed by atoms with Crippen LogP contribution in [0.2, 0.25) is 0 Å². The van der Waals surface area contributed by atoms with Crippen molar-refractivity contribution in [3.63, 3.8) is 0 Å². The molecule has 0 amide bonds. The van der Waals surface area contributed by atoms with E-state index in [0.717, 1.165) is 10.7 Å². The van der Waals surface area contributed by atoms with Gasteiger partial charge in [-0.2, -0.15) is 0 Å². The van der Waals surface area contributed by atoms with Crippen LogP contribution in [0.1, 0.15) is 12.7 Å². The monoisotopic (exact) mass is 264 g/mol. The lowest BCUT2D eigenvalue weighted by molar-refractivity contribution is 0.00836. The first-order chi connectivity index (χ1) is 8.75. The molecule has 0 fully saturated rings. The SMILES string of the molecule is CC(O)C(OCc1ccco1)Sc1ccccc1. The zero-order chi connectivity index (χ0) is 12.8. The van der Waals surface area contributed by atoms with E-state index < -0.39 is 6.10 Å². The predicted octanol–water partition coefficient (Wildman–Crippen LogP) is 3.30. The number of thioether (sulfide) groups is 1. The van der Waals surface area contributed by atoms with Crippen molar-refractivity contribution in [2.24, 2.45) is 0 Å². The fraction of sp³-hybridized carbons (Fsp3) is 0.286. The van der Waals surface area contributed by atoms with Gasteiger partial charge in [0, 0.05) is 4.90 Å². The van der Waals surface area contributed by atoms with Crippen molar-refractivity contribution < 1.29 is 14.3 Å². The maximum atomic E-state index is 9.73. The van der Waals surface area contributed by atoms with E-state index in [9.17, 15) is 5.11 Å². The smallest absolute Gasteiger partial charge is 0.133 e. The minimum absolute atomic E-state index is 0.308. The third kappa shape index (κ3) is 3.91. The Hall–Kier alpha value is -1.23. The molecule has 3 nitrogen and oxygen atoms in total. The van der Waals surface area contributed by atoms with E-state index in [2.05, 4.69) is 0 Å². The summed E-state index contributed by atoms with van der Waals surface area (Å²) in [6.07, 6.45) is 1.06. The van der Waals surface area contributed by atoms with Crippen LogP contribution in [0.5, 0.6) is 0 Å². The zero-order valence-corrected chi connectivity index (χ0v) is 11.0. The number of aliphatic hydroxyl groups is 1. The normalized spacial score (nSPS) is 14.3. The molecular weight excluding hydrogens is 248 g/mol. The Labute approximate surface area is 111 Å². The topological polar surface area (TPSA) is 42.6 Å². The number of benzene rings is 1. The van der Waals surface area contributed by atoms with E-state index in [1.807, 2.05) is 42.5 Å². The first-order valence-corrected chi connectivity index (χ1v) is 6.67. The van der Waals surface area contributed by atoms with Crippen molar-refractivity contribution >= 4 is 11.8 Å². The summed E-state index contributed by atoms with van der Waals surface area (Å²) < 4.78 is 10.9. The van der Waals surface area contributed by atoms with E-state index in [-0.39, 0.29) is 5.44 Å². The van der Waals surface area contributed by atoms with Crippen molar-refractivity contribution in [1.82, 2.24) is 0 Å². The van der Waals surface area contributed by atoms with Crippen molar-refractivity contribution in [2.75, 3.05) is 0 Å². The van der Waals surface area contributed by atoms with E-state index in [1.54, 1.807) is 13.2 Å². The fourth-order valence-corrected chi connectivity index (χ4v) is 2.38. The van der Waals surface area contributed by atoms with E-state index in [4.69, 9.17) is 9.15 Å². The predicted molar refractivity (Wildman–Crippen MR) is 71.3 cm³/mol. The molecule has 0 saturated carbocycles. The van der Waals surface area contributed by atoms with E-state index in [1.165, 1.54) is 11.8 Å². The summed E-state index contributed by atoms with van der Waals surface area (Å²) >= 11 is 1.50. The second kappa shape index (κ2) is 6.64. The van der Waals surface area contributed by atoms with Crippen LogP contribution in [-0.2, 0) is 11.3 Å². The van der Waals surface area contributed by atoms with Crippen LogP contribution in [0, 0.1) is 0 Å². The molecule has 0 aliphatic heterocycles. The van der Waals surface area contributed by atoms with Gasteiger partial charge >= 0.3 is 0 Å². The van der Waals surface area contributed by atoms with Gasteiger partial charge in [0.25, 0.3) is 0 Å². The summed E-state index contributed by atoms with van der Waals surface area (Å²) in [4.78, 5) is 1.07. The first-order valence-electron chi connectivity index (χ1n) is 5.79. The average Bonchev–Trinajstić information content (AvgIpc) is 2.88. The molecular formula is C14H16O3S. The van der Waals surface area contributed by atoms with Crippen LogP contribution < -0.4 is 0 Å². The molecule has 0 aliphatic rings. The molecule has 0 aliphatic carbocycles. The largest absolute Gasteiger partial charge is 0.467 e. The lowest BCUT2D eigenvalue weighted by atomic mass is 10.4. The van der Waals surface area contributed by atoms with Gasteiger partial charge in [0.15, 0.2) is 0 Å². The van der Waals surface area contributed by atoms with Gasteiger partial charge in [0.2, 0.25) is 0 Å². The molecule has 1 N–H and O–H groups in total. The van der Waals surface area contributed by atoms with E-state index >= 15 is 0 Å². The standard InChI is InChI=1S/C14H16O3S/c1-11(15)14(17-10-12-6-5-9-16-12)18-13-7-3-2-4-8-13/h2-9,11,14-15H,10H2,1H3. The average molecular weight is 264 g/mol. The molecule has 18 heavy (non-hydrogen) atoms. The second-order valence-corrected chi connectivity index (χ2v) is 5.10. The molecule has 0 spiro atoms. The highest BCUT2D eigenvalue weighted by molar-refractivity contribution is 7.99. The van der Waals surface area contributed by atoms with Crippen LogP contribution in [0.25, 0.3) is 0 Å². The van der Waals surface area contributed by atoms with Crippen LogP contribution in [-0.4, -0.2) is 16.6 Å². The minimum atomic E-state index is -0.551. The molecule has 2 aromatic rings. The molecule has 0 saturated heterocycles. The Morgan fingerprint density at radius 1 is 1.22 bits per heavy atom. The molecule has 1 aromatic heterocycles. The molecule has 1 heterocycles. The molecule has 1 aromatic carbocycles. The number of furan rings is 1. The molecule has 0 radical (unpaired) electrons. The minimum Gasteiger partial charge on any atom is -0.467 e. The first kappa shape index (κ1) is 13.2. The second-order valence-electron chi connectivity index (χ2n) is 3.93. The number of hydrogen-bond acceptors (Lipinski definition) is 4. The summed E-state index contributed by atoms with van der Waals surface area (Å²) in [5.74, 6) is 0.759. The molecule has 96 valence electrons. The van der Waals surface area contributed by atoms with Crippen molar-refractivity contribution in [2.45, 2.75) is 30.0 Å². The zero-order valence-electron chi connectivity index (χ0n) is 10.2. The summed E-state index contributed by atoms with van der Waals surface area (Å²) in [7, 11) is 0. The Balaban J connectivity index is 1.92. The molecule has 2 atom stereocenters. The third-order valence-corrected chi connectivity index (χ3v) is 3.67. The summed E-state index contributed by atoms with van der Waals surface area (Å²) in [5, 5.41) is 9.73. The highest BCUT2D eigenvalue weighted by Gasteiger charge is 2.17. The Morgan fingerprint density at radius 2 is 2.00 bits per heavy atom. The fourth-order valence-electron chi connectivity index (χ4n) is 1.46. The summed E-state index contributed by atoms with van der Waals surface area (Å²) in [6.45, 7) is 2.09. The third-order valence-electron chi connectivity index (χ3n) is 2.36. The molecule has 0 bridgehead atoms. The van der Waals surface area contributed by atoms with Crippen LogP contribution in [0.4, 0.5) is 0 Å². The van der Waals surface area contributed by atoms with Gasteiger partial charge in [-0.1, -0.05) is 30.0 Å². The quantitative estimate of drug-likeness (QED) is 0.642. The van der Waals surface area contributed by atoms with Gasteiger partial charge in [-0.3, -0.25) is 0 Å². The van der Waals surface area contributed by atoms with Gasteiger partial charge in [-0.05, 0) is 31.2 Å². The Bertz CT molecular complexity index is 439. The van der Waals surface area contributed by atoms with Gasteiger partial charge in [0.05, 0.1) is 12.4 Å². The lowest BCUT2D eigenvalue weighted by Gasteiger charge is -2.19. The Kier molecular flexibility index (Phi) is 4.87. The van der Waals surface area contributed by atoms with Crippen molar-refractivity contribution in [1.29, 1.82) is 0 Å². The number of aliphatic hydroxyl groups excluding tert-OH is 1. The molecule has 4 heteroatoms. The van der Waals surface area contributed by atoms with Crippen LogP contribution in [0.3, 0.4) is 0 Å². The van der Waals surface area contributed by atoms with Gasteiger partial charge in [0.1, 0.15) is 17.8 Å². The van der Waals surface area contributed by atoms with Crippen LogP contribution in [0.15, 0.2) is 58.0 Å². The maximum absolute atomic E-state index is 9.73. The summed E-state index contributed by atoms with van der Waals surface area (Å²) in [6, 6.07) is 13.6. The number of rotatable bonds is 6. The summed E-state index contributed by atoms with van der Waals surface area (Å²) in [5.41, 5.74) is -0.308. The lowest BCUT2D eigenvalue weighted by Crippen LogP contribution is -2.22. The van der Waals surface area contributed by atoms with Gasteiger partial charge in [-0.15, -0.1) is 0 Å². The van der Waals surface area contributed by atoms with Crippen molar-refractivity contribution in [3.05, 3.63) is 54.5 Å². The van der Waals surface area contributed by atoms with Gasteiger partial charge < -0.3 is 14.3 Å².